The molecule has 0 aliphatic rings. The van der Waals surface area contributed by atoms with E-state index in [0.717, 1.165) is 22.0 Å². The topological polar surface area (TPSA) is 104 Å². The van der Waals surface area contributed by atoms with Gasteiger partial charge in [0.15, 0.2) is 10.8 Å². The molecule has 0 radical (unpaired) electrons. The molecule has 29 heavy (non-hydrogen) atoms. The van der Waals surface area contributed by atoms with Gasteiger partial charge in [0.2, 0.25) is 5.91 Å². The zero-order chi connectivity index (χ0) is 20.8. The number of anilines is 1. The van der Waals surface area contributed by atoms with Gasteiger partial charge in [0.05, 0.1) is 16.4 Å². The average Bonchev–Trinajstić information content (AvgIpc) is 3.19. The molecule has 1 N–H and O–H groups in total. The number of carbonyl (C=O) groups is 1. The second kappa shape index (κ2) is 6.84. The molecule has 1 aromatic carbocycles. The van der Waals surface area contributed by atoms with Gasteiger partial charge in [-0.05, 0) is 12.1 Å². The quantitative estimate of drug-likeness (QED) is 0.539. The lowest BCUT2D eigenvalue weighted by atomic mass is 10.3. The third-order valence-electron chi connectivity index (χ3n) is 3.87. The van der Waals surface area contributed by atoms with Gasteiger partial charge in [-0.1, -0.05) is 11.3 Å². The monoisotopic (exact) mass is 424 g/mol. The molecule has 0 saturated carbocycles. The van der Waals surface area contributed by atoms with Crippen LogP contribution in [0, 0.1) is 0 Å². The highest BCUT2D eigenvalue weighted by Crippen LogP contribution is 2.31. The number of benzene rings is 1. The Morgan fingerprint density at radius 3 is 2.90 bits per heavy atom. The van der Waals surface area contributed by atoms with Crippen LogP contribution in [0.15, 0.2) is 35.5 Å². The number of aryl methyl sites for hydroxylation is 1. The third-order valence-corrected chi connectivity index (χ3v) is 4.81. The fourth-order valence-corrected chi connectivity index (χ4v) is 3.56. The highest BCUT2D eigenvalue weighted by atomic mass is 32.1. The van der Waals surface area contributed by atoms with E-state index >= 15 is 0 Å². The van der Waals surface area contributed by atoms with Gasteiger partial charge in [0.25, 0.3) is 5.56 Å². The Hall–Kier alpha value is -3.48. The van der Waals surface area contributed by atoms with E-state index in [4.69, 9.17) is 0 Å². The average molecular weight is 424 g/mol. The number of nitrogens with one attached hydrogen (secondary N) is 1. The van der Waals surface area contributed by atoms with Gasteiger partial charge in [-0.25, -0.2) is 9.97 Å². The van der Waals surface area contributed by atoms with Gasteiger partial charge in [-0.15, -0.1) is 13.2 Å². The van der Waals surface area contributed by atoms with Crippen molar-refractivity contribution >= 4 is 43.6 Å². The lowest BCUT2D eigenvalue weighted by Crippen LogP contribution is -2.27. The molecule has 0 aliphatic heterocycles. The summed E-state index contributed by atoms with van der Waals surface area (Å²) in [4.78, 5) is 32.9. The smallest absolute Gasteiger partial charge is 0.406 e. The summed E-state index contributed by atoms with van der Waals surface area (Å²) < 4.78 is 43.8. The molecular formula is C16H11F3N6O3S. The summed E-state index contributed by atoms with van der Waals surface area (Å²) >= 11 is 0.980. The number of nitrogens with zero attached hydrogens (tertiary/aromatic N) is 5. The summed E-state index contributed by atoms with van der Waals surface area (Å²) in [5.74, 6) is -0.920. The van der Waals surface area contributed by atoms with E-state index in [9.17, 15) is 22.8 Å². The van der Waals surface area contributed by atoms with Gasteiger partial charge < -0.3 is 10.1 Å². The molecule has 0 spiro atoms. The zero-order valence-corrected chi connectivity index (χ0v) is 15.4. The number of fused-ring (bicyclic) bond motifs is 2. The fraction of sp³-hybridized carbons (Fsp3) is 0.188. The normalized spacial score (nSPS) is 11.9. The third kappa shape index (κ3) is 3.89. The first-order chi connectivity index (χ1) is 13.7. The second-order valence-corrected chi connectivity index (χ2v) is 6.96. The van der Waals surface area contributed by atoms with Crippen molar-refractivity contribution in [3.8, 4) is 5.75 Å². The van der Waals surface area contributed by atoms with E-state index in [2.05, 4.69) is 25.1 Å². The lowest BCUT2D eigenvalue weighted by molar-refractivity contribution is -0.274. The summed E-state index contributed by atoms with van der Waals surface area (Å²) in [5, 5.41) is 6.93. The Labute approximate surface area is 163 Å². The summed E-state index contributed by atoms with van der Waals surface area (Å²) in [5.41, 5.74) is 0.377. The molecule has 0 saturated heterocycles. The largest absolute Gasteiger partial charge is 0.573 e. The molecule has 150 valence electrons. The number of ether oxygens (including phenoxy) is 1. The van der Waals surface area contributed by atoms with E-state index in [1.807, 2.05) is 0 Å². The van der Waals surface area contributed by atoms with Crippen LogP contribution in [-0.2, 0) is 18.4 Å². The predicted octanol–water partition coefficient (Wildman–Crippen LogP) is 2.28. The van der Waals surface area contributed by atoms with E-state index < -0.39 is 17.8 Å². The summed E-state index contributed by atoms with van der Waals surface area (Å²) in [6.07, 6.45) is -2.19. The van der Waals surface area contributed by atoms with Gasteiger partial charge >= 0.3 is 6.36 Å². The molecule has 0 bridgehead atoms. The van der Waals surface area contributed by atoms with Crippen molar-refractivity contribution in [2.24, 2.45) is 7.05 Å². The second-order valence-electron chi connectivity index (χ2n) is 5.93. The van der Waals surface area contributed by atoms with Crippen molar-refractivity contribution in [1.82, 2.24) is 24.3 Å². The van der Waals surface area contributed by atoms with Crippen LogP contribution in [0.1, 0.15) is 0 Å². The molecule has 4 aromatic rings. The van der Waals surface area contributed by atoms with E-state index in [1.165, 1.54) is 29.3 Å². The first-order valence-electron chi connectivity index (χ1n) is 8.03. The van der Waals surface area contributed by atoms with Crippen LogP contribution in [0.25, 0.3) is 21.3 Å². The van der Waals surface area contributed by atoms with E-state index in [-0.39, 0.29) is 22.8 Å². The standard InChI is InChI=1S/C16H11F3N6O3S/c1-24-13-9(5-21-24)14(27)25(7-20-13)6-12(26)23-15-22-10-3-2-8(4-11(10)29-15)28-16(17,18)19/h2-5,7H,6H2,1H3,(H,22,23,26). The molecule has 4 rings (SSSR count). The molecule has 3 heterocycles. The van der Waals surface area contributed by atoms with E-state index in [0.29, 0.717) is 15.9 Å². The fourth-order valence-electron chi connectivity index (χ4n) is 2.65. The Kier molecular flexibility index (Phi) is 4.45. The minimum Gasteiger partial charge on any atom is -0.406 e. The maximum absolute atomic E-state index is 12.4. The van der Waals surface area contributed by atoms with Gasteiger partial charge in [0, 0.05) is 13.1 Å². The number of amides is 1. The van der Waals surface area contributed by atoms with Crippen LogP contribution >= 0.6 is 11.3 Å². The Morgan fingerprint density at radius 1 is 1.34 bits per heavy atom. The first-order valence-corrected chi connectivity index (χ1v) is 8.84. The van der Waals surface area contributed by atoms with E-state index in [1.54, 1.807) is 7.05 Å². The van der Waals surface area contributed by atoms with Crippen molar-refractivity contribution in [3.05, 3.63) is 41.1 Å². The number of carbonyl (C=O) groups excluding carboxylic acids is 1. The highest BCUT2D eigenvalue weighted by molar-refractivity contribution is 7.22. The summed E-state index contributed by atoms with van der Waals surface area (Å²) in [6.45, 7) is -0.310. The van der Waals surface area contributed by atoms with Crippen LogP contribution in [0.5, 0.6) is 5.75 Å². The van der Waals surface area contributed by atoms with Crippen LogP contribution < -0.4 is 15.6 Å². The Balaban J connectivity index is 1.52. The summed E-state index contributed by atoms with van der Waals surface area (Å²) in [7, 11) is 1.64. The number of aromatic nitrogens is 5. The molecule has 0 atom stereocenters. The summed E-state index contributed by atoms with van der Waals surface area (Å²) in [6, 6.07) is 3.67. The minimum atomic E-state index is -4.80. The van der Waals surface area contributed by atoms with Crippen molar-refractivity contribution in [1.29, 1.82) is 0 Å². The predicted molar refractivity (Wildman–Crippen MR) is 97.7 cm³/mol. The molecule has 0 aliphatic carbocycles. The number of alkyl halides is 3. The van der Waals surface area contributed by atoms with Crippen LogP contribution in [0.2, 0.25) is 0 Å². The molecule has 9 nitrogen and oxygen atoms in total. The molecule has 1 amide bonds. The minimum absolute atomic E-state index is 0.178. The van der Waals surface area contributed by atoms with Crippen molar-refractivity contribution < 1.29 is 22.7 Å². The number of rotatable bonds is 4. The van der Waals surface area contributed by atoms with Crippen molar-refractivity contribution in [2.75, 3.05) is 5.32 Å². The Bertz CT molecular complexity index is 1290. The maximum atomic E-state index is 12.4. The first kappa shape index (κ1) is 18.9. The molecule has 13 heteroatoms. The van der Waals surface area contributed by atoms with Gasteiger partial charge in [-0.3, -0.25) is 18.8 Å². The van der Waals surface area contributed by atoms with Gasteiger partial charge in [0.1, 0.15) is 24.0 Å². The number of hydrogen-bond donors (Lipinski definition) is 1. The number of hydrogen-bond acceptors (Lipinski definition) is 7. The van der Waals surface area contributed by atoms with Crippen molar-refractivity contribution in [2.45, 2.75) is 12.9 Å². The molecule has 3 aromatic heterocycles. The van der Waals surface area contributed by atoms with Crippen LogP contribution in [-0.4, -0.2) is 36.6 Å². The zero-order valence-electron chi connectivity index (χ0n) is 14.6. The van der Waals surface area contributed by atoms with Crippen LogP contribution in [0.4, 0.5) is 18.3 Å². The van der Waals surface area contributed by atoms with Crippen molar-refractivity contribution in [3.63, 3.8) is 0 Å². The lowest BCUT2D eigenvalue weighted by Gasteiger charge is -2.07. The maximum Gasteiger partial charge on any atom is 0.573 e. The molecular weight excluding hydrogens is 413 g/mol. The Morgan fingerprint density at radius 2 is 2.14 bits per heavy atom. The van der Waals surface area contributed by atoms with Gasteiger partial charge in [-0.2, -0.15) is 5.10 Å². The number of halogens is 3. The highest BCUT2D eigenvalue weighted by Gasteiger charge is 2.31. The molecule has 0 unspecified atom stereocenters. The number of thiazole rings is 1. The van der Waals surface area contributed by atoms with Crippen LogP contribution in [0.3, 0.4) is 0 Å². The SMILES string of the molecule is Cn1ncc2c(=O)n(CC(=O)Nc3nc4ccc(OC(F)(F)F)cc4s3)cnc21. The molecule has 0 fully saturated rings.